The highest BCUT2D eigenvalue weighted by molar-refractivity contribution is 7.99. The zero-order valence-corrected chi connectivity index (χ0v) is 21.0. The van der Waals surface area contributed by atoms with Gasteiger partial charge < -0.3 is 20.5 Å². The van der Waals surface area contributed by atoms with Crippen LogP contribution >= 0.6 is 11.8 Å². The van der Waals surface area contributed by atoms with Crippen LogP contribution in [0.5, 0.6) is 0 Å². The molecule has 0 radical (unpaired) electrons. The van der Waals surface area contributed by atoms with Gasteiger partial charge in [0.25, 0.3) is 0 Å². The van der Waals surface area contributed by atoms with Crippen molar-refractivity contribution in [3.05, 3.63) is 59.7 Å². The molecule has 1 saturated heterocycles. The van der Waals surface area contributed by atoms with E-state index in [1.807, 2.05) is 24.3 Å². The van der Waals surface area contributed by atoms with Crippen LogP contribution in [-0.2, 0) is 14.3 Å². The predicted octanol–water partition coefficient (Wildman–Crippen LogP) is 4.55. The number of fused-ring (bicyclic) bond motifs is 3. The number of alkyl carbamates (subject to hydrolysis) is 1. The van der Waals surface area contributed by atoms with E-state index in [4.69, 9.17) is 9.84 Å². The Hall–Kier alpha value is -3.00. The summed E-state index contributed by atoms with van der Waals surface area (Å²) in [4.78, 5) is 36.9. The molecule has 0 saturated carbocycles. The van der Waals surface area contributed by atoms with E-state index in [1.54, 1.807) is 25.6 Å². The Morgan fingerprint density at radius 2 is 1.60 bits per heavy atom. The average molecular weight is 497 g/mol. The first-order valence-corrected chi connectivity index (χ1v) is 13.1. The topological polar surface area (TPSA) is 105 Å². The number of aliphatic carboxylic acids is 1. The molecule has 2 aromatic rings. The number of thioether (sulfide) groups is 1. The summed E-state index contributed by atoms with van der Waals surface area (Å²) in [5.74, 6) is 0.370. The Morgan fingerprint density at radius 3 is 2.17 bits per heavy atom. The van der Waals surface area contributed by atoms with Gasteiger partial charge in [0.2, 0.25) is 5.91 Å². The van der Waals surface area contributed by atoms with Crippen molar-refractivity contribution in [2.24, 2.45) is 0 Å². The van der Waals surface area contributed by atoms with Crippen molar-refractivity contribution in [2.45, 2.75) is 56.5 Å². The van der Waals surface area contributed by atoms with E-state index in [0.717, 1.165) is 22.6 Å². The summed E-state index contributed by atoms with van der Waals surface area (Å²) in [5, 5.41) is 14.9. The monoisotopic (exact) mass is 496 g/mol. The molecule has 1 aliphatic heterocycles. The quantitative estimate of drug-likeness (QED) is 0.495. The molecule has 1 heterocycles. The van der Waals surface area contributed by atoms with Gasteiger partial charge in [-0.25, -0.2) is 4.79 Å². The van der Waals surface area contributed by atoms with Crippen LogP contribution < -0.4 is 10.6 Å². The predicted molar refractivity (Wildman–Crippen MR) is 137 cm³/mol. The molecule has 4 rings (SSSR count). The van der Waals surface area contributed by atoms with Crippen molar-refractivity contribution in [2.75, 3.05) is 18.1 Å². The molecule has 0 bridgehead atoms. The van der Waals surface area contributed by atoms with Gasteiger partial charge in [0.1, 0.15) is 6.61 Å². The van der Waals surface area contributed by atoms with Crippen LogP contribution in [0, 0.1) is 0 Å². The molecule has 0 atom stereocenters. The van der Waals surface area contributed by atoms with E-state index in [-0.39, 0.29) is 31.3 Å². The third-order valence-electron chi connectivity index (χ3n) is 6.73. The van der Waals surface area contributed by atoms with Gasteiger partial charge in [-0.1, -0.05) is 48.5 Å². The number of carbonyl (C=O) groups excluding carboxylic acids is 2. The Labute approximate surface area is 210 Å². The van der Waals surface area contributed by atoms with Gasteiger partial charge in [-0.05, 0) is 60.4 Å². The van der Waals surface area contributed by atoms with Gasteiger partial charge in [0.15, 0.2) is 0 Å². The van der Waals surface area contributed by atoms with E-state index >= 15 is 0 Å². The van der Waals surface area contributed by atoms with Crippen LogP contribution in [0.4, 0.5) is 4.79 Å². The zero-order valence-electron chi connectivity index (χ0n) is 20.1. The number of carboxylic acids is 1. The van der Waals surface area contributed by atoms with Crippen molar-refractivity contribution in [3.8, 4) is 11.1 Å². The molecule has 1 fully saturated rings. The summed E-state index contributed by atoms with van der Waals surface area (Å²) < 4.78 is 5.74. The Morgan fingerprint density at radius 1 is 1.03 bits per heavy atom. The molecule has 8 heteroatoms. The largest absolute Gasteiger partial charge is 0.481 e. The van der Waals surface area contributed by atoms with E-state index in [9.17, 15) is 14.4 Å². The summed E-state index contributed by atoms with van der Waals surface area (Å²) in [6.07, 6.45) is 0.669. The number of hydrogen-bond donors (Lipinski definition) is 3. The standard InChI is InChI=1S/C27H32N2O5S/c1-26(2,16-24(31)32)28-23(30)15-27(11-13-35-14-12-27)29-25(33)34-17-22-20-9-5-3-7-18(20)19-8-4-6-10-21(19)22/h3-10,22H,11-17H2,1-2H3,(H,28,30)(H,29,33)(H,31,32). The minimum atomic E-state index is -0.976. The van der Waals surface area contributed by atoms with Crippen LogP contribution in [0.15, 0.2) is 48.5 Å². The summed E-state index contributed by atoms with van der Waals surface area (Å²) in [6.45, 7) is 3.57. The number of carbonyl (C=O) groups is 3. The first-order chi connectivity index (χ1) is 16.7. The molecule has 3 N–H and O–H groups in total. The highest BCUT2D eigenvalue weighted by Crippen LogP contribution is 2.44. The van der Waals surface area contributed by atoms with Crippen LogP contribution in [0.2, 0.25) is 0 Å². The lowest BCUT2D eigenvalue weighted by atomic mass is 9.87. The number of benzene rings is 2. The summed E-state index contributed by atoms with van der Waals surface area (Å²) in [7, 11) is 0. The lowest BCUT2D eigenvalue weighted by Gasteiger charge is -2.38. The van der Waals surface area contributed by atoms with E-state index in [2.05, 4.69) is 34.9 Å². The van der Waals surface area contributed by atoms with Crippen molar-refractivity contribution in [1.82, 2.24) is 10.6 Å². The number of carboxylic acid groups (broad SMARTS) is 1. The SMILES string of the molecule is CC(C)(CC(=O)O)NC(=O)CC1(NC(=O)OCC2c3ccccc3-c3ccccc32)CCSCC1. The van der Waals surface area contributed by atoms with Crippen LogP contribution in [-0.4, -0.2) is 52.3 Å². The van der Waals surface area contributed by atoms with Crippen molar-refractivity contribution in [1.29, 1.82) is 0 Å². The molecule has 35 heavy (non-hydrogen) atoms. The van der Waals surface area contributed by atoms with Crippen LogP contribution in [0.25, 0.3) is 11.1 Å². The Bertz CT molecular complexity index is 1060. The molecule has 2 amide bonds. The van der Waals surface area contributed by atoms with Crippen LogP contribution in [0.3, 0.4) is 0 Å². The van der Waals surface area contributed by atoms with Gasteiger partial charge in [-0.15, -0.1) is 0 Å². The first-order valence-electron chi connectivity index (χ1n) is 11.9. The number of ether oxygens (including phenoxy) is 1. The molecule has 1 aliphatic carbocycles. The molecule has 0 spiro atoms. The third-order valence-corrected chi connectivity index (χ3v) is 7.72. The lowest BCUT2D eigenvalue weighted by Crippen LogP contribution is -2.55. The highest BCUT2D eigenvalue weighted by atomic mass is 32.2. The molecule has 186 valence electrons. The number of amides is 2. The molecule has 0 unspecified atom stereocenters. The second-order valence-electron chi connectivity index (χ2n) is 10.0. The van der Waals surface area contributed by atoms with Gasteiger partial charge >= 0.3 is 12.1 Å². The lowest BCUT2D eigenvalue weighted by molar-refractivity contribution is -0.138. The molecule has 7 nitrogen and oxygen atoms in total. The maximum absolute atomic E-state index is 13.0. The van der Waals surface area contributed by atoms with Crippen molar-refractivity contribution >= 4 is 29.7 Å². The smallest absolute Gasteiger partial charge is 0.407 e. The number of hydrogen-bond acceptors (Lipinski definition) is 5. The zero-order chi connectivity index (χ0) is 25.1. The molecule has 2 aliphatic rings. The van der Waals surface area contributed by atoms with Gasteiger partial charge in [0.05, 0.1) is 12.0 Å². The Balaban J connectivity index is 1.41. The van der Waals surface area contributed by atoms with Crippen molar-refractivity contribution in [3.63, 3.8) is 0 Å². The van der Waals surface area contributed by atoms with E-state index in [0.29, 0.717) is 12.8 Å². The fraction of sp³-hybridized carbons (Fsp3) is 0.444. The summed E-state index contributed by atoms with van der Waals surface area (Å²) in [6, 6.07) is 16.3. The van der Waals surface area contributed by atoms with Gasteiger partial charge in [-0.2, -0.15) is 11.8 Å². The van der Waals surface area contributed by atoms with Crippen molar-refractivity contribution < 1.29 is 24.2 Å². The maximum Gasteiger partial charge on any atom is 0.407 e. The molecule has 2 aromatic carbocycles. The van der Waals surface area contributed by atoms with Gasteiger partial charge in [0, 0.05) is 17.9 Å². The summed E-state index contributed by atoms with van der Waals surface area (Å²) in [5.41, 5.74) is 3.03. The van der Waals surface area contributed by atoms with Gasteiger partial charge in [-0.3, -0.25) is 9.59 Å². The minimum absolute atomic E-state index is 0.0360. The van der Waals surface area contributed by atoms with E-state index < -0.39 is 23.1 Å². The second kappa shape index (κ2) is 10.3. The second-order valence-corrected chi connectivity index (χ2v) is 11.2. The fourth-order valence-corrected chi connectivity index (χ4v) is 6.38. The fourth-order valence-electron chi connectivity index (χ4n) is 5.11. The molecular formula is C27H32N2O5S. The minimum Gasteiger partial charge on any atom is -0.481 e. The van der Waals surface area contributed by atoms with E-state index in [1.165, 1.54) is 11.1 Å². The first kappa shape index (κ1) is 25.1. The maximum atomic E-state index is 13.0. The highest BCUT2D eigenvalue weighted by Gasteiger charge is 2.38. The molecule has 0 aromatic heterocycles. The number of nitrogens with one attached hydrogen (secondary N) is 2. The third kappa shape index (κ3) is 5.99. The van der Waals surface area contributed by atoms with Crippen LogP contribution in [0.1, 0.15) is 56.6 Å². The normalized spacial score (nSPS) is 16.6. The molecular weight excluding hydrogens is 464 g/mol. The average Bonchev–Trinajstić information content (AvgIpc) is 3.10. The Kier molecular flexibility index (Phi) is 7.40. The summed E-state index contributed by atoms with van der Waals surface area (Å²) >= 11 is 1.79. The number of rotatable bonds is 8.